The van der Waals surface area contributed by atoms with Gasteiger partial charge in [-0.2, -0.15) is 9.97 Å². The molecule has 0 unspecified atom stereocenters. The lowest BCUT2D eigenvalue weighted by atomic mass is 9.74. The predicted molar refractivity (Wildman–Crippen MR) is 439 cm³/mol. The fourth-order valence-electron chi connectivity index (χ4n) is 18.4. The molecule has 23 rings (SSSR count). The Morgan fingerprint density at radius 2 is 0.701 bits per heavy atom. The van der Waals surface area contributed by atoms with Gasteiger partial charge < -0.3 is 18.7 Å². The van der Waals surface area contributed by atoms with Crippen LogP contribution in [-0.4, -0.2) is 43.1 Å². The molecular weight excluding hydrogens is 1310 g/mol. The summed E-state index contributed by atoms with van der Waals surface area (Å²) >= 11 is 0. The number of aromatic nitrogens is 8. The van der Waals surface area contributed by atoms with Crippen molar-refractivity contribution in [3.05, 3.63) is 347 Å². The van der Waals surface area contributed by atoms with Crippen LogP contribution in [0.4, 0.5) is 5.69 Å². The first-order valence-electron chi connectivity index (χ1n) is 36.7. The second-order valence-electron chi connectivity index (χ2n) is 30.4. The Kier molecular flexibility index (Phi) is 13.2. The summed E-state index contributed by atoms with van der Waals surface area (Å²) in [5.74, 6) is 1.89. The van der Waals surface area contributed by atoms with Gasteiger partial charge in [0.05, 0.1) is 71.7 Å². The highest BCUT2D eigenvalue weighted by Crippen LogP contribution is 2.53. The molecule has 14 aromatic carbocycles. The van der Waals surface area contributed by atoms with E-state index in [0.717, 1.165) is 33.4 Å². The number of hydrogen-bond donors (Lipinski definition) is 1. The molecule has 0 saturated heterocycles. The molecule has 11 heteroatoms. The van der Waals surface area contributed by atoms with Crippen molar-refractivity contribution in [1.29, 1.82) is 0 Å². The highest BCUT2D eigenvalue weighted by molar-refractivity contribution is 6.17. The number of hydrogen-bond acceptors (Lipinski definition) is 5. The number of H-pyrrole nitrogens is 1. The summed E-state index contributed by atoms with van der Waals surface area (Å²) in [6, 6.07) is 106. The summed E-state index contributed by atoms with van der Waals surface area (Å²) in [6.45, 7) is 13.9. The molecule has 510 valence electrons. The number of fused-ring (bicyclic) bond motifs is 21. The first-order valence-corrected chi connectivity index (χ1v) is 36.7. The van der Waals surface area contributed by atoms with E-state index in [4.69, 9.17) is 15.0 Å². The van der Waals surface area contributed by atoms with E-state index in [0.29, 0.717) is 23.2 Å². The van der Waals surface area contributed by atoms with Gasteiger partial charge in [-0.3, -0.25) is 14.7 Å². The van der Waals surface area contributed by atoms with Crippen LogP contribution in [0.3, 0.4) is 0 Å². The predicted octanol–water partition coefficient (Wildman–Crippen LogP) is 24.1. The SMILES string of the molecule is CC1(C)c2cc(-c3ccccc3[N+](=O)[O-])ccc2-n2c3ccccc3c3cccc1c32.CC1(C)c2cc3c(cc2-n2c4ccccc4c4cccc1c42)[nH]c1ccccc13.CC1(C)c2cc3c4ccccc4n(-c4nc(-c5ccccc5)nc(-c5ccccc5)n4)c3cc2-n2c3ccccc3c3cccc1c32. The van der Waals surface area contributed by atoms with Crippen molar-refractivity contribution in [2.75, 3.05) is 0 Å². The molecule has 0 radical (unpaired) electrons. The van der Waals surface area contributed by atoms with Crippen LogP contribution in [0.2, 0.25) is 0 Å². The van der Waals surface area contributed by atoms with Crippen molar-refractivity contribution in [2.24, 2.45) is 0 Å². The highest BCUT2D eigenvalue weighted by atomic mass is 16.6. The van der Waals surface area contributed by atoms with Gasteiger partial charge in [-0.1, -0.05) is 266 Å². The van der Waals surface area contributed by atoms with E-state index in [1.807, 2.05) is 54.6 Å². The molecule has 0 amide bonds. The van der Waals surface area contributed by atoms with Crippen LogP contribution in [0.25, 0.3) is 166 Å². The van der Waals surface area contributed by atoms with Gasteiger partial charge in [-0.25, -0.2) is 4.98 Å². The van der Waals surface area contributed by atoms with Crippen LogP contribution < -0.4 is 0 Å². The summed E-state index contributed by atoms with van der Waals surface area (Å²) < 4.78 is 9.53. The molecule has 9 heterocycles. The summed E-state index contributed by atoms with van der Waals surface area (Å²) in [7, 11) is 0. The second kappa shape index (κ2) is 22.7. The van der Waals surface area contributed by atoms with E-state index < -0.39 is 0 Å². The second-order valence-corrected chi connectivity index (χ2v) is 30.4. The van der Waals surface area contributed by atoms with Gasteiger partial charge in [0.1, 0.15) is 0 Å². The number of benzene rings is 14. The maximum absolute atomic E-state index is 11.6. The molecule has 0 bridgehead atoms. The van der Waals surface area contributed by atoms with E-state index in [2.05, 4.69) is 301 Å². The fraction of sp³-hybridized carbons (Fsp3) is 0.0938. The molecule has 1 N–H and O–H groups in total. The van der Waals surface area contributed by atoms with Crippen molar-refractivity contribution in [3.63, 3.8) is 0 Å². The Balaban J connectivity index is 0.000000107. The Morgan fingerprint density at radius 3 is 1.21 bits per heavy atom. The summed E-state index contributed by atoms with van der Waals surface area (Å²) in [5, 5.41) is 24.3. The Labute approximate surface area is 615 Å². The lowest BCUT2D eigenvalue weighted by Crippen LogP contribution is -2.26. The largest absolute Gasteiger partial charge is 0.354 e. The molecule has 3 aliphatic heterocycles. The zero-order valence-corrected chi connectivity index (χ0v) is 59.8. The van der Waals surface area contributed by atoms with E-state index in [-0.39, 0.29) is 26.9 Å². The lowest BCUT2D eigenvalue weighted by Gasteiger charge is -2.35. The van der Waals surface area contributed by atoms with Gasteiger partial charge in [-0.05, 0) is 112 Å². The van der Waals surface area contributed by atoms with Crippen LogP contribution in [0.1, 0.15) is 74.9 Å². The lowest BCUT2D eigenvalue weighted by molar-refractivity contribution is -0.384. The van der Waals surface area contributed by atoms with E-state index >= 15 is 0 Å². The van der Waals surface area contributed by atoms with E-state index in [1.54, 1.807) is 12.1 Å². The van der Waals surface area contributed by atoms with E-state index in [1.165, 1.54) is 143 Å². The van der Waals surface area contributed by atoms with Crippen LogP contribution in [-0.2, 0) is 16.2 Å². The zero-order valence-electron chi connectivity index (χ0n) is 59.8. The first kappa shape index (κ1) is 62.1. The topological polar surface area (TPSA) is 117 Å². The molecule has 0 atom stereocenters. The quantitative estimate of drug-likeness (QED) is 0.136. The summed E-state index contributed by atoms with van der Waals surface area (Å²) in [5.41, 5.74) is 26.6. The first-order chi connectivity index (χ1) is 52.2. The molecule has 0 aliphatic carbocycles. The van der Waals surface area contributed by atoms with Gasteiger partial charge >= 0.3 is 0 Å². The number of para-hydroxylation sites is 9. The number of nitro benzene ring substituents is 1. The van der Waals surface area contributed by atoms with Gasteiger partial charge in [-0.15, -0.1) is 0 Å². The van der Waals surface area contributed by atoms with Gasteiger partial charge in [0.15, 0.2) is 11.6 Å². The minimum Gasteiger partial charge on any atom is -0.354 e. The molecule has 107 heavy (non-hydrogen) atoms. The summed E-state index contributed by atoms with van der Waals surface area (Å²) in [4.78, 5) is 30.2. The van der Waals surface area contributed by atoms with E-state index in [9.17, 15) is 10.1 Å². The Hall–Kier alpha value is -13.5. The molecule has 0 spiro atoms. The van der Waals surface area contributed by atoms with Crippen molar-refractivity contribution in [1.82, 2.24) is 38.2 Å². The third kappa shape index (κ3) is 8.91. The van der Waals surface area contributed by atoms with Crippen LogP contribution in [0.5, 0.6) is 0 Å². The van der Waals surface area contributed by atoms with Crippen LogP contribution >= 0.6 is 0 Å². The third-order valence-electron chi connectivity index (χ3n) is 23.6. The van der Waals surface area contributed by atoms with Crippen molar-refractivity contribution >= 4 is 115 Å². The average molecular weight is 1380 g/mol. The Morgan fingerprint density at radius 1 is 0.299 bits per heavy atom. The zero-order chi connectivity index (χ0) is 71.9. The molecule has 11 nitrogen and oxygen atoms in total. The molecule has 0 fully saturated rings. The molecule has 3 aliphatic rings. The summed E-state index contributed by atoms with van der Waals surface area (Å²) in [6.07, 6.45) is 0. The monoisotopic (exact) mass is 1380 g/mol. The standard InChI is InChI=1S/C42H29N5.C27H20N2O2.C27H20N2/c1-42(2)32-21-13-20-30-28-18-9-11-22-34(28)46(38(30)32)37-25-36-31(24-33(37)42)29-19-10-12-23-35(29)47(36)41-44-39(26-14-5-3-6-15-26)43-40(45-41)27-16-7-4-8-17-27;1-27(2)21-11-7-10-20-19-9-4-5-12-23(19)28(26(20)21)25-15-14-17(16-22(25)27)18-8-3-6-13-24(18)29(30)31;1-27(2)20-11-7-10-18-17-9-4-6-13-24(17)29(26(18)20)25-15-23-19(14-21(25)27)16-8-3-5-12-22(16)28-23/h3-25H,1-2H3;3-16H,1-2H3;3-15,28H,1-2H3. The smallest absolute Gasteiger partial charge is 0.277 e. The van der Waals surface area contributed by atoms with Crippen LogP contribution in [0, 0.1) is 10.1 Å². The van der Waals surface area contributed by atoms with Crippen molar-refractivity contribution in [2.45, 2.75) is 57.8 Å². The van der Waals surface area contributed by atoms with Gasteiger partial charge in [0.25, 0.3) is 5.69 Å². The maximum atomic E-state index is 11.6. The minimum absolute atomic E-state index is 0.0637. The molecular formula is C96H69N9O2. The van der Waals surface area contributed by atoms with Gasteiger partial charge in [0.2, 0.25) is 5.95 Å². The Bertz CT molecular complexity index is 7150. The maximum Gasteiger partial charge on any atom is 0.277 e. The molecule has 0 saturated carbocycles. The van der Waals surface area contributed by atoms with Crippen LogP contribution in [0.15, 0.2) is 303 Å². The average Bonchev–Trinajstić information content (AvgIpc) is 1.58. The number of rotatable bonds is 5. The minimum atomic E-state index is -0.307. The van der Waals surface area contributed by atoms with Crippen molar-refractivity contribution < 1.29 is 4.92 Å². The number of nitrogens with zero attached hydrogens (tertiary/aromatic N) is 8. The third-order valence-corrected chi connectivity index (χ3v) is 23.6. The fourth-order valence-corrected chi connectivity index (χ4v) is 18.4. The number of nitro groups is 1. The number of nitrogens with one attached hydrogen (secondary N) is 1. The number of aromatic amines is 1. The molecule has 20 aromatic rings. The normalized spacial score (nSPS) is 14.0. The van der Waals surface area contributed by atoms with Gasteiger partial charge in [0, 0.05) is 98.3 Å². The molecule has 6 aromatic heterocycles. The van der Waals surface area contributed by atoms with Crippen molar-refractivity contribution in [3.8, 4) is 56.9 Å². The highest BCUT2D eigenvalue weighted by Gasteiger charge is 2.40.